The van der Waals surface area contributed by atoms with E-state index in [4.69, 9.17) is 11.6 Å². The summed E-state index contributed by atoms with van der Waals surface area (Å²) in [5, 5.41) is 1.60. The van der Waals surface area contributed by atoms with Gasteiger partial charge in [0.05, 0.1) is 17.7 Å². The van der Waals surface area contributed by atoms with Gasteiger partial charge in [0.25, 0.3) is 5.91 Å². The summed E-state index contributed by atoms with van der Waals surface area (Å²) >= 11 is 7.02. The molecule has 11 heteroatoms. The smallest absolute Gasteiger partial charge is 0.297 e. The summed E-state index contributed by atoms with van der Waals surface area (Å²) in [5.41, 5.74) is 3.30. The molecule has 0 aliphatic rings. The highest BCUT2D eigenvalue weighted by atomic mass is 35.5. The van der Waals surface area contributed by atoms with Gasteiger partial charge in [-0.05, 0) is 18.2 Å². The number of halogens is 4. The van der Waals surface area contributed by atoms with Crippen LogP contribution in [0.25, 0.3) is 4.96 Å². The Morgan fingerprint density at radius 2 is 2.00 bits per heavy atom. The van der Waals surface area contributed by atoms with Crippen LogP contribution in [0.1, 0.15) is 21.6 Å². The van der Waals surface area contributed by atoms with Crippen molar-refractivity contribution in [3.05, 3.63) is 57.8 Å². The third-order valence-electron chi connectivity index (χ3n) is 3.29. The molecular weight excluding hydrogens is 393 g/mol. The Morgan fingerprint density at radius 1 is 1.23 bits per heavy atom. The SMILES string of the molecule is O=C(Cc1cn2ccsc2n1)NNC(=O)c1cc(Cl)cc(C(F)(F)F)c1. The summed E-state index contributed by atoms with van der Waals surface area (Å²) in [7, 11) is 0. The lowest BCUT2D eigenvalue weighted by Gasteiger charge is -2.11. The molecule has 0 aliphatic heterocycles. The molecule has 0 radical (unpaired) electrons. The lowest BCUT2D eigenvalue weighted by atomic mass is 10.1. The molecule has 6 nitrogen and oxygen atoms in total. The maximum Gasteiger partial charge on any atom is 0.416 e. The monoisotopic (exact) mass is 402 g/mol. The number of rotatable bonds is 3. The second kappa shape index (κ2) is 6.96. The van der Waals surface area contributed by atoms with Crippen LogP contribution in [0.4, 0.5) is 13.2 Å². The summed E-state index contributed by atoms with van der Waals surface area (Å²) in [4.78, 5) is 28.8. The number of hydrazine groups is 1. The Balaban J connectivity index is 1.62. The first-order valence-electron chi connectivity index (χ1n) is 7.10. The number of thiazole rings is 1. The number of amides is 2. The normalized spacial score (nSPS) is 11.5. The van der Waals surface area contributed by atoms with Gasteiger partial charge in [0.2, 0.25) is 5.91 Å². The molecule has 26 heavy (non-hydrogen) atoms. The minimum Gasteiger partial charge on any atom is -0.297 e. The lowest BCUT2D eigenvalue weighted by Crippen LogP contribution is -2.42. The van der Waals surface area contributed by atoms with Crippen molar-refractivity contribution in [2.45, 2.75) is 12.6 Å². The Kier molecular flexibility index (Phi) is 4.88. The predicted octanol–water partition coefficient (Wildman–Crippen LogP) is 3.07. The van der Waals surface area contributed by atoms with Crippen molar-refractivity contribution in [2.75, 3.05) is 0 Å². The fourth-order valence-electron chi connectivity index (χ4n) is 2.15. The van der Waals surface area contributed by atoms with E-state index in [-0.39, 0.29) is 17.0 Å². The molecule has 2 heterocycles. The quantitative estimate of drug-likeness (QED) is 0.661. The van der Waals surface area contributed by atoms with E-state index in [0.29, 0.717) is 17.8 Å². The van der Waals surface area contributed by atoms with Gasteiger partial charge in [-0.2, -0.15) is 13.2 Å². The second-order valence-electron chi connectivity index (χ2n) is 5.23. The molecule has 0 fully saturated rings. The molecule has 0 spiro atoms. The van der Waals surface area contributed by atoms with E-state index in [1.807, 2.05) is 5.38 Å². The number of alkyl halides is 3. The van der Waals surface area contributed by atoms with E-state index in [1.54, 1.807) is 16.8 Å². The van der Waals surface area contributed by atoms with E-state index < -0.39 is 23.6 Å². The Labute approximate surface area is 153 Å². The molecule has 3 rings (SSSR count). The standard InChI is InChI=1S/C15H10ClF3N4O2S/c16-10-4-8(3-9(5-10)15(17,18)19)13(25)22-21-12(24)6-11-7-23-1-2-26-14(23)20-11/h1-5,7H,6H2,(H,21,24)(H,22,25). The van der Waals surface area contributed by atoms with E-state index in [1.165, 1.54) is 11.3 Å². The third kappa shape index (κ3) is 4.14. The van der Waals surface area contributed by atoms with Gasteiger partial charge in [-0.3, -0.25) is 24.8 Å². The number of nitrogens with zero attached hydrogens (tertiary/aromatic N) is 2. The Morgan fingerprint density at radius 3 is 2.69 bits per heavy atom. The molecule has 0 atom stereocenters. The van der Waals surface area contributed by atoms with Crippen LogP contribution in [0.2, 0.25) is 5.02 Å². The number of nitrogens with one attached hydrogen (secondary N) is 2. The first kappa shape index (κ1) is 18.2. The van der Waals surface area contributed by atoms with Gasteiger partial charge in [-0.25, -0.2) is 4.98 Å². The first-order chi connectivity index (χ1) is 12.2. The number of hydrogen-bond acceptors (Lipinski definition) is 4. The van der Waals surface area contributed by atoms with Crippen molar-refractivity contribution in [3.8, 4) is 0 Å². The van der Waals surface area contributed by atoms with Crippen LogP contribution in [0.3, 0.4) is 0 Å². The molecule has 0 unspecified atom stereocenters. The van der Waals surface area contributed by atoms with Crippen LogP contribution >= 0.6 is 22.9 Å². The molecule has 2 N–H and O–H groups in total. The number of benzene rings is 1. The predicted molar refractivity (Wildman–Crippen MR) is 88.8 cm³/mol. The largest absolute Gasteiger partial charge is 0.416 e. The van der Waals surface area contributed by atoms with Crippen molar-refractivity contribution >= 4 is 39.7 Å². The average molecular weight is 403 g/mol. The van der Waals surface area contributed by atoms with Crippen LogP contribution in [0.5, 0.6) is 0 Å². The number of hydrogen-bond donors (Lipinski definition) is 2. The highest BCUT2D eigenvalue weighted by Crippen LogP contribution is 2.31. The number of carbonyl (C=O) groups excluding carboxylic acids is 2. The molecule has 3 aromatic rings. The van der Waals surface area contributed by atoms with E-state index >= 15 is 0 Å². The van der Waals surface area contributed by atoms with Gasteiger partial charge in [0.15, 0.2) is 4.96 Å². The lowest BCUT2D eigenvalue weighted by molar-refractivity contribution is -0.137. The zero-order valence-corrected chi connectivity index (χ0v) is 14.4. The van der Waals surface area contributed by atoms with Crippen molar-refractivity contribution in [2.24, 2.45) is 0 Å². The van der Waals surface area contributed by atoms with Crippen molar-refractivity contribution in [3.63, 3.8) is 0 Å². The minimum atomic E-state index is -4.64. The zero-order chi connectivity index (χ0) is 18.9. The maximum absolute atomic E-state index is 12.8. The fraction of sp³-hybridized carbons (Fsp3) is 0.133. The zero-order valence-electron chi connectivity index (χ0n) is 12.8. The number of aromatic nitrogens is 2. The van der Waals surface area contributed by atoms with Gasteiger partial charge >= 0.3 is 6.18 Å². The molecule has 136 valence electrons. The van der Waals surface area contributed by atoms with E-state index in [2.05, 4.69) is 15.8 Å². The number of carbonyl (C=O) groups is 2. The summed E-state index contributed by atoms with van der Waals surface area (Å²) < 4.78 is 40.0. The summed E-state index contributed by atoms with van der Waals surface area (Å²) in [5.74, 6) is -1.49. The molecule has 0 aliphatic carbocycles. The molecular formula is C15H10ClF3N4O2S. The molecule has 0 bridgehead atoms. The van der Waals surface area contributed by atoms with Crippen LogP contribution in [-0.2, 0) is 17.4 Å². The van der Waals surface area contributed by atoms with Crippen LogP contribution in [-0.4, -0.2) is 21.2 Å². The van der Waals surface area contributed by atoms with Gasteiger partial charge in [-0.1, -0.05) is 11.6 Å². The Hall–Kier alpha value is -2.59. The highest BCUT2D eigenvalue weighted by molar-refractivity contribution is 7.15. The third-order valence-corrected chi connectivity index (χ3v) is 4.28. The highest BCUT2D eigenvalue weighted by Gasteiger charge is 2.31. The topological polar surface area (TPSA) is 75.5 Å². The van der Waals surface area contributed by atoms with Gasteiger partial charge < -0.3 is 0 Å². The van der Waals surface area contributed by atoms with Crippen LogP contribution in [0.15, 0.2) is 36.0 Å². The first-order valence-corrected chi connectivity index (χ1v) is 8.36. The maximum atomic E-state index is 12.8. The van der Waals surface area contributed by atoms with Crippen LogP contribution < -0.4 is 10.9 Å². The van der Waals surface area contributed by atoms with Gasteiger partial charge in [-0.15, -0.1) is 11.3 Å². The van der Waals surface area contributed by atoms with Crippen molar-refractivity contribution in [1.82, 2.24) is 20.2 Å². The van der Waals surface area contributed by atoms with Crippen molar-refractivity contribution in [1.29, 1.82) is 0 Å². The molecule has 1 aromatic carbocycles. The minimum absolute atomic E-state index is 0.0992. The summed E-state index contributed by atoms with van der Waals surface area (Å²) in [6, 6.07) is 2.43. The van der Waals surface area contributed by atoms with E-state index in [0.717, 1.165) is 11.0 Å². The molecule has 0 saturated heterocycles. The van der Waals surface area contributed by atoms with Gasteiger partial charge in [0, 0.05) is 28.4 Å². The van der Waals surface area contributed by atoms with Gasteiger partial charge in [0.1, 0.15) is 0 Å². The molecule has 0 saturated carbocycles. The second-order valence-corrected chi connectivity index (χ2v) is 6.54. The molecule has 2 amide bonds. The van der Waals surface area contributed by atoms with Crippen molar-refractivity contribution < 1.29 is 22.8 Å². The number of fused-ring (bicyclic) bond motifs is 1. The fourth-order valence-corrected chi connectivity index (χ4v) is 3.11. The van der Waals surface area contributed by atoms with Crippen LogP contribution in [0, 0.1) is 0 Å². The molecule has 2 aromatic heterocycles. The summed E-state index contributed by atoms with van der Waals surface area (Å²) in [6.45, 7) is 0. The Bertz CT molecular complexity index is 954. The average Bonchev–Trinajstić information content (AvgIpc) is 3.12. The number of imidazole rings is 1. The summed E-state index contributed by atoms with van der Waals surface area (Å²) in [6.07, 6.45) is -1.29. The van der Waals surface area contributed by atoms with E-state index in [9.17, 15) is 22.8 Å².